The molecule has 28 heavy (non-hydrogen) atoms. The first-order chi connectivity index (χ1) is 13.0. The van der Waals surface area contributed by atoms with E-state index in [1.807, 2.05) is 0 Å². The summed E-state index contributed by atoms with van der Waals surface area (Å²) < 4.78 is 56.0. The molecule has 10 nitrogen and oxygen atoms in total. The lowest BCUT2D eigenvalue weighted by Gasteiger charge is -2.10. The van der Waals surface area contributed by atoms with Crippen molar-refractivity contribution >= 4 is 31.2 Å². The Kier molecular flexibility index (Phi) is 6.59. The van der Waals surface area contributed by atoms with Gasteiger partial charge in [-0.05, 0) is 29.8 Å². The van der Waals surface area contributed by atoms with Crippen LogP contribution in [0.5, 0.6) is 5.75 Å². The minimum atomic E-state index is -4.14. The highest BCUT2D eigenvalue weighted by atomic mass is 32.2. The molecular weight excluding hydrogens is 412 g/mol. The zero-order valence-electron chi connectivity index (χ0n) is 14.7. The number of hydrogen-bond acceptors (Lipinski definition) is 8. The first kappa shape index (κ1) is 21.6. The number of benzene rings is 2. The summed E-state index contributed by atoms with van der Waals surface area (Å²) in [6, 6.07) is 8.40. The maximum Gasteiger partial charge on any atom is 0.312 e. The standard InChI is InChI=1S/C16H18N2O8S2/c1-26-7-8-27(22,23)11-12-3-2-4-14(9-12)28(24,25)17-13-5-6-16(19)15(10-13)18(20)21/h2-6,9-10,17,19H,7-8,11H2,1H3. The van der Waals surface area contributed by atoms with Crippen LogP contribution in [0.25, 0.3) is 0 Å². The van der Waals surface area contributed by atoms with Crippen LogP contribution in [-0.4, -0.2) is 46.3 Å². The molecule has 0 atom stereocenters. The van der Waals surface area contributed by atoms with E-state index in [0.717, 1.165) is 12.1 Å². The highest BCUT2D eigenvalue weighted by molar-refractivity contribution is 7.92. The van der Waals surface area contributed by atoms with Crippen LogP contribution in [0.15, 0.2) is 47.4 Å². The van der Waals surface area contributed by atoms with Crippen molar-refractivity contribution in [3.63, 3.8) is 0 Å². The number of ether oxygens (including phenoxy) is 1. The fourth-order valence-electron chi connectivity index (χ4n) is 2.29. The number of sulfone groups is 1. The van der Waals surface area contributed by atoms with Gasteiger partial charge in [0.25, 0.3) is 10.0 Å². The van der Waals surface area contributed by atoms with E-state index in [9.17, 15) is 32.1 Å². The van der Waals surface area contributed by atoms with Crippen molar-refractivity contribution in [2.24, 2.45) is 0 Å². The van der Waals surface area contributed by atoms with Crippen molar-refractivity contribution in [2.75, 3.05) is 24.2 Å². The summed E-state index contributed by atoms with van der Waals surface area (Å²) >= 11 is 0. The van der Waals surface area contributed by atoms with Gasteiger partial charge in [0, 0.05) is 13.2 Å². The molecule has 0 aliphatic rings. The Balaban J connectivity index is 2.27. The van der Waals surface area contributed by atoms with Crippen molar-refractivity contribution in [3.05, 3.63) is 58.1 Å². The van der Waals surface area contributed by atoms with Gasteiger partial charge in [0.2, 0.25) is 0 Å². The average molecular weight is 430 g/mol. The third-order valence-corrected chi connectivity index (χ3v) is 6.56. The van der Waals surface area contributed by atoms with Gasteiger partial charge in [0.15, 0.2) is 15.6 Å². The number of nitrogens with one attached hydrogen (secondary N) is 1. The highest BCUT2D eigenvalue weighted by Crippen LogP contribution is 2.29. The van der Waals surface area contributed by atoms with Gasteiger partial charge < -0.3 is 9.84 Å². The van der Waals surface area contributed by atoms with Crippen LogP contribution < -0.4 is 4.72 Å². The fourth-order valence-corrected chi connectivity index (χ4v) is 4.66. The molecule has 0 radical (unpaired) electrons. The molecule has 0 aromatic heterocycles. The molecule has 0 saturated heterocycles. The minimum absolute atomic E-state index is 0.0293. The van der Waals surface area contributed by atoms with Gasteiger partial charge in [-0.15, -0.1) is 0 Å². The van der Waals surface area contributed by atoms with Crippen LogP contribution in [0.2, 0.25) is 0 Å². The third kappa shape index (κ3) is 5.65. The van der Waals surface area contributed by atoms with Crippen molar-refractivity contribution < 1.29 is 31.6 Å². The number of nitro groups is 1. The molecule has 2 N–H and O–H groups in total. The molecule has 0 saturated carbocycles. The normalized spacial score (nSPS) is 11.9. The Morgan fingerprint density at radius 2 is 1.86 bits per heavy atom. The predicted octanol–water partition coefficient (Wildman–Crippen LogP) is 1.66. The smallest absolute Gasteiger partial charge is 0.312 e. The molecule has 2 aromatic carbocycles. The SMILES string of the molecule is COCCS(=O)(=O)Cc1cccc(S(=O)(=O)Nc2ccc(O)c([N+](=O)[O-])c2)c1. The van der Waals surface area contributed by atoms with Crippen molar-refractivity contribution in [3.8, 4) is 5.75 Å². The number of hydrogen-bond donors (Lipinski definition) is 2. The minimum Gasteiger partial charge on any atom is -0.502 e. The zero-order valence-corrected chi connectivity index (χ0v) is 16.4. The molecule has 0 spiro atoms. The summed E-state index contributed by atoms with van der Waals surface area (Å²) in [7, 11) is -6.24. The number of methoxy groups -OCH3 is 1. The largest absolute Gasteiger partial charge is 0.502 e. The second-order valence-electron chi connectivity index (χ2n) is 5.80. The summed E-state index contributed by atoms with van der Waals surface area (Å²) in [4.78, 5) is 9.81. The molecule has 152 valence electrons. The molecular formula is C16H18N2O8S2. The van der Waals surface area contributed by atoms with Crippen LogP contribution in [0.3, 0.4) is 0 Å². The van der Waals surface area contributed by atoms with Gasteiger partial charge >= 0.3 is 5.69 Å². The van der Waals surface area contributed by atoms with Gasteiger partial charge in [0.1, 0.15) is 0 Å². The van der Waals surface area contributed by atoms with Crippen LogP contribution >= 0.6 is 0 Å². The molecule has 0 heterocycles. The Morgan fingerprint density at radius 1 is 1.14 bits per heavy atom. The van der Waals surface area contributed by atoms with Crippen molar-refractivity contribution in [2.45, 2.75) is 10.6 Å². The van der Waals surface area contributed by atoms with E-state index >= 15 is 0 Å². The Morgan fingerprint density at radius 3 is 2.50 bits per heavy atom. The highest BCUT2D eigenvalue weighted by Gasteiger charge is 2.20. The zero-order chi connectivity index (χ0) is 20.9. The summed E-state index contributed by atoms with van der Waals surface area (Å²) in [5.74, 6) is -1.16. The molecule has 0 unspecified atom stereocenters. The molecule has 0 aliphatic carbocycles. The van der Waals surface area contributed by atoms with E-state index in [2.05, 4.69) is 4.72 Å². The quantitative estimate of drug-likeness (QED) is 0.346. The Labute approximate surface area is 161 Å². The van der Waals surface area contributed by atoms with Gasteiger partial charge in [0.05, 0.1) is 33.6 Å². The van der Waals surface area contributed by atoms with Crippen molar-refractivity contribution in [1.29, 1.82) is 0 Å². The molecule has 0 amide bonds. The van der Waals surface area contributed by atoms with Crippen molar-refractivity contribution in [1.82, 2.24) is 0 Å². The summed E-state index contributed by atoms with van der Waals surface area (Å²) in [6.07, 6.45) is 0. The lowest BCUT2D eigenvalue weighted by atomic mass is 10.2. The predicted molar refractivity (Wildman–Crippen MR) is 101 cm³/mol. The summed E-state index contributed by atoms with van der Waals surface area (Å²) in [5.41, 5.74) is -0.503. The monoisotopic (exact) mass is 430 g/mol. The Hall–Kier alpha value is -2.70. The van der Waals surface area contributed by atoms with Gasteiger partial charge in [-0.25, -0.2) is 16.8 Å². The fraction of sp³-hybridized carbons (Fsp3) is 0.250. The molecule has 0 aliphatic heterocycles. The first-order valence-electron chi connectivity index (χ1n) is 7.82. The molecule has 0 bridgehead atoms. The first-order valence-corrected chi connectivity index (χ1v) is 11.1. The van der Waals surface area contributed by atoms with Crippen LogP contribution in [0.4, 0.5) is 11.4 Å². The molecule has 2 aromatic rings. The number of anilines is 1. The van der Waals surface area contributed by atoms with E-state index in [1.165, 1.54) is 37.4 Å². The average Bonchev–Trinajstić information content (AvgIpc) is 2.61. The van der Waals surface area contributed by atoms with Gasteiger partial charge in [-0.3, -0.25) is 14.8 Å². The molecule has 2 rings (SSSR count). The maximum absolute atomic E-state index is 12.5. The number of nitro benzene ring substituents is 1. The lowest BCUT2D eigenvalue weighted by Crippen LogP contribution is -2.15. The second kappa shape index (κ2) is 8.54. The van der Waals surface area contributed by atoms with Crippen LogP contribution in [0.1, 0.15) is 5.56 Å². The van der Waals surface area contributed by atoms with Crippen LogP contribution in [0, 0.1) is 10.1 Å². The van der Waals surface area contributed by atoms with Crippen LogP contribution in [-0.2, 0) is 30.4 Å². The number of nitrogens with zero attached hydrogens (tertiary/aromatic N) is 1. The van der Waals surface area contributed by atoms with E-state index < -0.39 is 36.2 Å². The number of phenols is 1. The second-order valence-corrected chi connectivity index (χ2v) is 9.66. The van der Waals surface area contributed by atoms with E-state index in [0.29, 0.717) is 0 Å². The number of rotatable bonds is 9. The van der Waals surface area contributed by atoms with E-state index in [1.54, 1.807) is 0 Å². The molecule has 0 fully saturated rings. The molecule has 12 heteroatoms. The maximum atomic E-state index is 12.5. The number of phenolic OH excluding ortho intramolecular Hbond substituents is 1. The van der Waals surface area contributed by atoms with Gasteiger partial charge in [-0.2, -0.15) is 0 Å². The van der Waals surface area contributed by atoms with Gasteiger partial charge in [-0.1, -0.05) is 12.1 Å². The number of sulfonamides is 1. The summed E-state index contributed by atoms with van der Waals surface area (Å²) in [6.45, 7) is 0.0293. The Bertz CT molecular complexity index is 1080. The van der Waals surface area contributed by atoms with E-state index in [-0.39, 0.29) is 34.3 Å². The number of aromatic hydroxyl groups is 1. The van der Waals surface area contributed by atoms with E-state index in [4.69, 9.17) is 4.74 Å². The topological polar surface area (TPSA) is 153 Å². The summed E-state index contributed by atoms with van der Waals surface area (Å²) in [5, 5.41) is 20.3. The lowest BCUT2D eigenvalue weighted by molar-refractivity contribution is -0.385. The third-order valence-electron chi connectivity index (χ3n) is 3.62.